The normalized spacial score (nSPS) is 10.6. The Balaban J connectivity index is 2.76. The highest BCUT2D eigenvalue weighted by Gasteiger charge is 2.10. The topological polar surface area (TPSA) is 74.2 Å². The van der Waals surface area contributed by atoms with E-state index in [1.807, 2.05) is 13.0 Å². The number of halogens is 1. The first-order valence-corrected chi connectivity index (χ1v) is 6.48. The lowest BCUT2D eigenvalue weighted by Gasteiger charge is -2.07. The third-order valence-corrected chi connectivity index (χ3v) is 2.71. The summed E-state index contributed by atoms with van der Waals surface area (Å²) < 4.78 is 5.02. The third kappa shape index (κ3) is 4.48. The molecule has 0 aliphatic heterocycles. The van der Waals surface area contributed by atoms with E-state index in [0.29, 0.717) is 23.0 Å². The molecule has 1 rings (SSSR count). The molecule has 0 aliphatic carbocycles. The molecule has 20 heavy (non-hydrogen) atoms. The molecule has 2 N–H and O–H groups in total. The van der Waals surface area contributed by atoms with Crippen molar-refractivity contribution in [1.29, 1.82) is 5.26 Å². The van der Waals surface area contributed by atoms with Gasteiger partial charge in [-0.25, -0.2) is 0 Å². The molecule has 5 nitrogen and oxygen atoms in total. The quantitative estimate of drug-likeness (QED) is 0.480. The molecule has 0 aliphatic rings. The van der Waals surface area contributed by atoms with Crippen molar-refractivity contribution in [3.63, 3.8) is 0 Å². The predicted molar refractivity (Wildman–Crippen MR) is 78.6 cm³/mol. The molecule has 0 fully saturated rings. The first kappa shape index (κ1) is 15.9. The number of carbonyl (C=O) groups excluding carboxylic acids is 1. The Kier molecular flexibility index (Phi) is 6.41. The maximum atomic E-state index is 11.9. The second kappa shape index (κ2) is 8.08. The van der Waals surface area contributed by atoms with Crippen LogP contribution in [0.4, 0.5) is 5.69 Å². The Morgan fingerprint density at radius 3 is 2.85 bits per heavy atom. The zero-order chi connectivity index (χ0) is 15.0. The van der Waals surface area contributed by atoms with Crippen LogP contribution in [0.15, 0.2) is 30.0 Å². The van der Waals surface area contributed by atoms with E-state index in [1.54, 1.807) is 18.2 Å². The van der Waals surface area contributed by atoms with Crippen molar-refractivity contribution in [2.45, 2.75) is 13.3 Å². The van der Waals surface area contributed by atoms with Gasteiger partial charge in [-0.15, -0.1) is 0 Å². The highest BCUT2D eigenvalue weighted by Crippen LogP contribution is 2.27. The lowest BCUT2D eigenvalue weighted by molar-refractivity contribution is -0.112. The molecule has 0 bridgehead atoms. The Labute approximate surface area is 123 Å². The van der Waals surface area contributed by atoms with Crippen molar-refractivity contribution < 1.29 is 9.53 Å². The van der Waals surface area contributed by atoms with Crippen molar-refractivity contribution in [1.82, 2.24) is 5.32 Å². The summed E-state index contributed by atoms with van der Waals surface area (Å²) in [6.07, 6.45) is 2.31. The van der Waals surface area contributed by atoms with Crippen LogP contribution in [-0.2, 0) is 4.79 Å². The van der Waals surface area contributed by atoms with Crippen molar-refractivity contribution in [2.75, 3.05) is 19.0 Å². The molecular weight excluding hydrogens is 278 g/mol. The average molecular weight is 294 g/mol. The summed E-state index contributed by atoms with van der Waals surface area (Å²) in [5.41, 5.74) is 0.503. The maximum Gasteiger partial charge on any atom is 0.267 e. The predicted octanol–water partition coefficient (Wildman–Crippen LogP) is 2.69. The minimum atomic E-state index is -0.489. The smallest absolute Gasteiger partial charge is 0.267 e. The zero-order valence-corrected chi connectivity index (χ0v) is 12.1. The van der Waals surface area contributed by atoms with E-state index in [2.05, 4.69) is 10.6 Å². The fourth-order valence-corrected chi connectivity index (χ4v) is 1.67. The van der Waals surface area contributed by atoms with Crippen molar-refractivity contribution in [3.05, 3.63) is 35.0 Å². The molecule has 106 valence electrons. The number of amides is 1. The number of ether oxygens (including phenoxy) is 1. The summed E-state index contributed by atoms with van der Waals surface area (Å²) >= 11 is 5.96. The minimum absolute atomic E-state index is 0.00499. The van der Waals surface area contributed by atoms with E-state index in [9.17, 15) is 4.79 Å². The van der Waals surface area contributed by atoms with Gasteiger partial charge in [-0.05, 0) is 24.6 Å². The van der Waals surface area contributed by atoms with Crippen LogP contribution in [0.25, 0.3) is 0 Å². The van der Waals surface area contributed by atoms with Crippen molar-refractivity contribution >= 4 is 23.2 Å². The van der Waals surface area contributed by atoms with Crippen LogP contribution in [0, 0.1) is 11.3 Å². The molecule has 1 amide bonds. The highest BCUT2D eigenvalue weighted by molar-refractivity contribution is 6.32. The van der Waals surface area contributed by atoms with Crippen LogP contribution in [0.1, 0.15) is 13.3 Å². The van der Waals surface area contributed by atoms with Gasteiger partial charge < -0.3 is 15.4 Å². The number of nitrogens with zero attached hydrogens (tertiary/aromatic N) is 1. The zero-order valence-electron chi connectivity index (χ0n) is 11.4. The molecule has 6 heteroatoms. The summed E-state index contributed by atoms with van der Waals surface area (Å²) in [7, 11) is 1.51. The second-order valence-electron chi connectivity index (χ2n) is 3.93. The van der Waals surface area contributed by atoms with Gasteiger partial charge in [-0.3, -0.25) is 4.79 Å². The number of nitriles is 1. The minimum Gasteiger partial charge on any atom is -0.495 e. The Morgan fingerprint density at radius 1 is 1.55 bits per heavy atom. The van der Waals surface area contributed by atoms with E-state index in [0.717, 1.165) is 6.42 Å². The standard InChI is InChI=1S/C14H16ClN3O2/c1-3-6-17-9-10(8-16)14(19)18-11-4-5-13(20-2)12(15)7-11/h4-5,7,9,17H,3,6H2,1-2H3,(H,18,19)/b10-9-. The molecule has 0 saturated heterocycles. The molecule has 0 unspecified atom stereocenters. The van der Waals surface area contributed by atoms with Crippen LogP contribution < -0.4 is 15.4 Å². The van der Waals surface area contributed by atoms with E-state index in [4.69, 9.17) is 21.6 Å². The fourth-order valence-electron chi connectivity index (χ4n) is 1.41. The molecule has 1 aromatic carbocycles. The second-order valence-corrected chi connectivity index (χ2v) is 4.33. The van der Waals surface area contributed by atoms with Crippen LogP contribution in [0.5, 0.6) is 5.75 Å². The highest BCUT2D eigenvalue weighted by atomic mass is 35.5. The lowest BCUT2D eigenvalue weighted by atomic mass is 10.2. The largest absolute Gasteiger partial charge is 0.495 e. The maximum absolute atomic E-state index is 11.9. The summed E-state index contributed by atoms with van der Waals surface area (Å²) in [5, 5.41) is 14.8. The molecule has 0 heterocycles. The van der Waals surface area contributed by atoms with Gasteiger partial charge in [0.15, 0.2) is 0 Å². The van der Waals surface area contributed by atoms with E-state index in [1.165, 1.54) is 13.3 Å². The molecule has 0 atom stereocenters. The van der Waals surface area contributed by atoms with Crippen molar-refractivity contribution in [2.24, 2.45) is 0 Å². The van der Waals surface area contributed by atoms with E-state index < -0.39 is 5.91 Å². The van der Waals surface area contributed by atoms with Gasteiger partial charge >= 0.3 is 0 Å². The summed E-state index contributed by atoms with van der Waals surface area (Å²) in [5.74, 6) is 0.0302. The van der Waals surface area contributed by atoms with E-state index >= 15 is 0 Å². The molecule has 1 aromatic rings. The summed E-state index contributed by atoms with van der Waals surface area (Å²) in [6.45, 7) is 2.69. The SMILES string of the molecule is CCCN/C=C(/C#N)C(=O)Nc1ccc(OC)c(Cl)c1. The molecule has 0 aromatic heterocycles. The number of nitrogens with one attached hydrogen (secondary N) is 2. The van der Waals surface area contributed by atoms with Gasteiger partial charge in [0, 0.05) is 18.4 Å². The Bertz CT molecular complexity index is 550. The van der Waals surface area contributed by atoms with Gasteiger partial charge in [0.2, 0.25) is 0 Å². The number of anilines is 1. The number of hydrogen-bond acceptors (Lipinski definition) is 4. The van der Waals surface area contributed by atoms with E-state index in [-0.39, 0.29) is 5.57 Å². The molecule has 0 radical (unpaired) electrons. The first-order valence-electron chi connectivity index (χ1n) is 6.11. The lowest BCUT2D eigenvalue weighted by Crippen LogP contribution is -2.17. The molecule has 0 saturated carbocycles. The summed E-state index contributed by atoms with van der Waals surface area (Å²) in [4.78, 5) is 11.9. The molecular formula is C14H16ClN3O2. The molecule has 0 spiro atoms. The number of carbonyl (C=O) groups is 1. The van der Waals surface area contributed by atoms with Crippen molar-refractivity contribution in [3.8, 4) is 11.8 Å². The number of hydrogen-bond donors (Lipinski definition) is 2. The Morgan fingerprint density at radius 2 is 2.30 bits per heavy atom. The van der Waals surface area contributed by atoms with Gasteiger partial charge in [0.05, 0.1) is 12.1 Å². The van der Waals surface area contributed by atoms with Crippen LogP contribution in [0.3, 0.4) is 0 Å². The number of benzene rings is 1. The van der Waals surface area contributed by atoms with Crippen LogP contribution >= 0.6 is 11.6 Å². The average Bonchev–Trinajstić information content (AvgIpc) is 2.43. The third-order valence-electron chi connectivity index (χ3n) is 2.42. The van der Waals surface area contributed by atoms with Gasteiger partial charge in [-0.1, -0.05) is 18.5 Å². The monoisotopic (exact) mass is 293 g/mol. The Hall–Kier alpha value is -2.19. The van der Waals surface area contributed by atoms with Crippen LogP contribution in [0.2, 0.25) is 5.02 Å². The first-order chi connectivity index (χ1) is 9.62. The number of rotatable bonds is 6. The van der Waals surface area contributed by atoms with Gasteiger partial charge in [0.1, 0.15) is 17.4 Å². The summed E-state index contributed by atoms with van der Waals surface area (Å²) in [6, 6.07) is 6.70. The van der Waals surface area contributed by atoms with Gasteiger partial charge in [-0.2, -0.15) is 5.26 Å². The fraction of sp³-hybridized carbons (Fsp3) is 0.286. The number of methoxy groups -OCH3 is 1. The van der Waals surface area contributed by atoms with Crippen LogP contribution in [-0.4, -0.2) is 19.6 Å². The van der Waals surface area contributed by atoms with Gasteiger partial charge in [0.25, 0.3) is 5.91 Å².